The number of rotatable bonds is 4. The highest BCUT2D eigenvalue weighted by Crippen LogP contribution is 2.32. The lowest BCUT2D eigenvalue weighted by molar-refractivity contribution is -0.137. The first-order valence-electron chi connectivity index (χ1n) is 8.48. The minimum Gasteiger partial charge on any atom is -0.302 e. The van der Waals surface area contributed by atoms with Crippen molar-refractivity contribution >= 4 is 32.4 Å². The maximum Gasteiger partial charge on any atom is 0.416 e. The van der Waals surface area contributed by atoms with Gasteiger partial charge < -0.3 is 5.32 Å². The number of hydrogen-bond acceptors (Lipinski definition) is 5. The van der Waals surface area contributed by atoms with Crippen LogP contribution in [0.2, 0.25) is 0 Å². The molecule has 0 atom stereocenters. The molecule has 11 heteroatoms. The van der Waals surface area contributed by atoms with Gasteiger partial charge in [0.15, 0.2) is 5.13 Å². The summed E-state index contributed by atoms with van der Waals surface area (Å²) in [4.78, 5) is 16.1. The van der Waals surface area contributed by atoms with Crippen molar-refractivity contribution in [2.24, 2.45) is 5.92 Å². The molecular formula is C17H18F3N3O3S2. The van der Waals surface area contributed by atoms with E-state index in [0.717, 1.165) is 28.2 Å². The predicted molar refractivity (Wildman–Crippen MR) is 98.4 cm³/mol. The third-order valence-corrected chi connectivity index (χ3v) is 7.24. The minimum atomic E-state index is -4.62. The monoisotopic (exact) mass is 433 g/mol. The number of hydrogen-bond donors (Lipinski definition) is 1. The van der Waals surface area contributed by atoms with Gasteiger partial charge in [0.25, 0.3) is 0 Å². The molecule has 1 aromatic carbocycles. The Bertz CT molecular complexity index is 965. The summed E-state index contributed by atoms with van der Waals surface area (Å²) >= 11 is 1.31. The first-order valence-corrected chi connectivity index (χ1v) is 10.8. The zero-order chi connectivity index (χ0) is 20.5. The van der Waals surface area contributed by atoms with Crippen molar-refractivity contribution in [2.45, 2.75) is 30.8 Å². The largest absolute Gasteiger partial charge is 0.416 e. The number of piperidine rings is 1. The molecule has 152 valence electrons. The standard InChI is InChI=1S/C17H18F3N3O3S2/c1-11-10-27-16(21-11)22-15(24)12-5-7-23(8-6-12)28(25,26)14-4-2-3-13(9-14)17(18,19)20/h2-4,9-10,12H,5-8H2,1H3,(H,21,22,24). The summed E-state index contributed by atoms with van der Waals surface area (Å²) in [5.74, 6) is -0.609. The molecule has 2 aromatic rings. The number of aryl methyl sites for hydroxylation is 1. The molecule has 0 bridgehead atoms. The molecule has 1 amide bonds. The van der Waals surface area contributed by atoms with Crippen LogP contribution in [0.3, 0.4) is 0 Å². The predicted octanol–water partition coefficient (Wildman–Crippen LogP) is 3.51. The number of aromatic nitrogens is 1. The molecule has 28 heavy (non-hydrogen) atoms. The average Bonchev–Trinajstić information content (AvgIpc) is 3.06. The molecule has 1 N–H and O–H groups in total. The van der Waals surface area contributed by atoms with E-state index >= 15 is 0 Å². The molecule has 1 aliphatic rings. The highest BCUT2D eigenvalue weighted by Gasteiger charge is 2.35. The Hall–Kier alpha value is -1.98. The summed E-state index contributed by atoms with van der Waals surface area (Å²) in [6.45, 7) is 1.93. The van der Waals surface area contributed by atoms with Crippen LogP contribution in [0.4, 0.5) is 18.3 Å². The Balaban J connectivity index is 1.66. The minimum absolute atomic E-state index is 0.0631. The highest BCUT2D eigenvalue weighted by atomic mass is 32.2. The molecular weight excluding hydrogens is 415 g/mol. The van der Waals surface area contributed by atoms with E-state index in [-0.39, 0.29) is 37.8 Å². The first kappa shape index (κ1) is 20.7. The molecule has 2 heterocycles. The van der Waals surface area contributed by atoms with E-state index in [0.29, 0.717) is 11.2 Å². The number of carbonyl (C=O) groups is 1. The van der Waals surface area contributed by atoms with E-state index in [1.165, 1.54) is 11.3 Å². The second-order valence-corrected chi connectivity index (χ2v) is 9.28. The van der Waals surface area contributed by atoms with Gasteiger partial charge in [-0.3, -0.25) is 4.79 Å². The Morgan fingerprint density at radius 1 is 1.29 bits per heavy atom. The summed E-state index contributed by atoms with van der Waals surface area (Å²) in [6.07, 6.45) is -4.05. The molecule has 1 fully saturated rings. The Kier molecular flexibility index (Phi) is 5.78. The third-order valence-electron chi connectivity index (χ3n) is 4.47. The number of sulfonamides is 1. The van der Waals surface area contributed by atoms with Gasteiger partial charge in [-0.15, -0.1) is 11.3 Å². The smallest absolute Gasteiger partial charge is 0.302 e. The van der Waals surface area contributed by atoms with Crippen LogP contribution in [0.1, 0.15) is 24.1 Å². The van der Waals surface area contributed by atoms with Crippen LogP contribution in [-0.2, 0) is 21.0 Å². The van der Waals surface area contributed by atoms with Gasteiger partial charge in [0.1, 0.15) is 0 Å². The van der Waals surface area contributed by atoms with Gasteiger partial charge in [-0.25, -0.2) is 13.4 Å². The molecule has 0 spiro atoms. The maximum absolute atomic E-state index is 12.9. The van der Waals surface area contributed by atoms with Gasteiger partial charge >= 0.3 is 6.18 Å². The summed E-state index contributed by atoms with van der Waals surface area (Å²) in [5.41, 5.74) is -0.219. The van der Waals surface area contributed by atoms with Gasteiger partial charge in [-0.2, -0.15) is 17.5 Å². The van der Waals surface area contributed by atoms with E-state index < -0.39 is 26.7 Å². The lowest BCUT2D eigenvalue weighted by Crippen LogP contribution is -2.41. The molecule has 6 nitrogen and oxygen atoms in total. The van der Waals surface area contributed by atoms with E-state index in [1.54, 1.807) is 5.38 Å². The molecule has 0 saturated carbocycles. The topological polar surface area (TPSA) is 79.4 Å². The van der Waals surface area contributed by atoms with Crippen molar-refractivity contribution in [1.82, 2.24) is 9.29 Å². The van der Waals surface area contributed by atoms with E-state index in [2.05, 4.69) is 10.3 Å². The van der Waals surface area contributed by atoms with Crippen LogP contribution in [0, 0.1) is 12.8 Å². The summed E-state index contributed by atoms with van der Waals surface area (Å²) < 4.78 is 65.1. The number of nitrogens with zero attached hydrogens (tertiary/aromatic N) is 2. The summed E-state index contributed by atoms with van der Waals surface area (Å²) in [5, 5.41) is 5.01. The van der Waals surface area contributed by atoms with E-state index in [9.17, 15) is 26.4 Å². The third kappa shape index (κ3) is 4.53. The van der Waals surface area contributed by atoms with Gasteiger partial charge in [0.05, 0.1) is 16.2 Å². The van der Waals surface area contributed by atoms with Crippen molar-refractivity contribution in [3.63, 3.8) is 0 Å². The fourth-order valence-electron chi connectivity index (χ4n) is 2.96. The summed E-state index contributed by atoms with van der Waals surface area (Å²) in [7, 11) is -4.06. The zero-order valence-corrected chi connectivity index (χ0v) is 16.5. The van der Waals surface area contributed by atoms with E-state index in [1.807, 2.05) is 6.92 Å². The molecule has 3 rings (SSSR count). The Morgan fingerprint density at radius 2 is 1.96 bits per heavy atom. The zero-order valence-electron chi connectivity index (χ0n) is 14.9. The Labute approximate surface area is 164 Å². The second kappa shape index (κ2) is 7.80. The number of halogens is 3. The number of anilines is 1. The second-order valence-electron chi connectivity index (χ2n) is 6.49. The fraction of sp³-hybridized carbons (Fsp3) is 0.412. The average molecular weight is 433 g/mol. The normalized spacial score (nSPS) is 16.9. The van der Waals surface area contributed by atoms with Crippen LogP contribution in [0.15, 0.2) is 34.5 Å². The SMILES string of the molecule is Cc1csc(NC(=O)C2CCN(S(=O)(=O)c3cccc(C(F)(F)F)c3)CC2)n1. The van der Waals surface area contributed by atoms with Gasteiger partial charge in [-0.1, -0.05) is 6.07 Å². The molecule has 0 radical (unpaired) electrons. The highest BCUT2D eigenvalue weighted by molar-refractivity contribution is 7.89. The van der Waals surface area contributed by atoms with Crippen molar-refractivity contribution in [2.75, 3.05) is 18.4 Å². The van der Waals surface area contributed by atoms with Crippen LogP contribution < -0.4 is 5.32 Å². The van der Waals surface area contributed by atoms with Gasteiger partial charge in [-0.05, 0) is 38.0 Å². The number of amides is 1. The number of alkyl halides is 3. The number of benzene rings is 1. The molecule has 0 aliphatic carbocycles. The van der Waals surface area contributed by atoms with Crippen LogP contribution >= 0.6 is 11.3 Å². The van der Waals surface area contributed by atoms with Crippen molar-refractivity contribution < 1.29 is 26.4 Å². The quantitative estimate of drug-likeness (QED) is 0.800. The van der Waals surface area contributed by atoms with Crippen molar-refractivity contribution in [3.05, 3.63) is 40.9 Å². The molecule has 1 saturated heterocycles. The number of carbonyl (C=O) groups excluding carboxylic acids is 1. The lowest BCUT2D eigenvalue weighted by Gasteiger charge is -2.30. The molecule has 0 unspecified atom stereocenters. The van der Waals surface area contributed by atoms with E-state index in [4.69, 9.17) is 0 Å². The number of nitrogens with one attached hydrogen (secondary N) is 1. The first-order chi connectivity index (χ1) is 13.1. The van der Waals surface area contributed by atoms with Crippen molar-refractivity contribution in [1.29, 1.82) is 0 Å². The van der Waals surface area contributed by atoms with Gasteiger partial charge in [0.2, 0.25) is 15.9 Å². The summed E-state index contributed by atoms with van der Waals surface area (Å²) in [6, 6.07) is 3.69. The fourth-order valence-corrected chi connectivity index (χ4v) is 5.17. The number of thiazole rings is 1. The van der Waals surface area contributed by atoms with Crippen LogP contribution in [0.5, 0.6) is 0 Å². The molecule has 1 aromatic heterocycles. The van der Waals surface area contributed by atoms with Crippen LogP contribution in [0.25, 0.3) is 0 Å². The lowest BCUT2D eigenvalue weighted by atomic mass is 9.97. The Morgan fingerprint density at radius 3 is 2.54 bits per heavy atom. The van der Waals surface area contributed by atoms with Gasteiger partial charge in [0, 0.05) is 24.4 Å². The van der Waals surface area contributed by atoms with Crippen LogP contribution in [-0.4, -0.2) is 36.7 Å². The molecule has 1 aliphatic heterocycles. The maximum atomic E-state index is 12.9. The van der Waals surface area contributed by atoms with Crippen molar-refractivity contribution in [3.8, 4) is 0 Å².